The predicted octanol–water partition coefficient (Wildman–Crippen LogP) is 9.33. The van der Waals surface area contributed by atoms with Gasteiger partial charge in [0.2, 0.25) is 0 Å². The minimum atomic E-state index is 0.840. The quantitative estimate of drug-likeness (QED) is 0.127. The SMILES string of the molecule is CCCCN(CCCC)CC(CC)CCCCCCC(CCC)N(CCCC)CCCC. The van der Waals surface area contributed by atoms with Crippen LogP contribution >= 0.6 is 0 Å². The molecule has 0 aliphatic rings. The zero-order valence-corrected chi connectivity index (χ0v) is 23.6. The van der Waals surface area contributed by atoms with Crippen LogP contribution in [0.4, 0.5) is 0 Å². The van der Waals surface area contributed by atoms with Crippen LogP contribution in [0, 0.1) is 5.92 Å². The van der Waals surface area contributed by atoms with E-state index in [-0.39, 0.29) is 0 Å². The van der Waals surface area contributed by atoms with Crippen LogP contribution < -0.4 is 0 Å². The van der Waals surface area contributed by atoms with Crippen molar-refractivity contribution in [3.63, 3.8) is 0 Å². The summed E-state index contributed by atoms with van der Waals surface area (Å²) in [5.41, 5.74) is 0. The summed E-state index contributed by atoms with van der Waals surface area (Å²) >= 11 is 0. The molecular formula is C30H64N2. The molecule has 2 unspecified atom stereocenters. The van der Waals surface area contributed by atoms with Gasteiger partial charge in [0, 0.05) is 12.6 Å². The van der Waals surface area contributed by atoms with Gasteiger partial charge in [-0.05, 0) is 77.0 Å². The molecule has 0 N–H and O–H groups in total. The van der Waals surface area contributed by atoms with Gasteiger partial charge in [-0.2, -0.15) is 0 Å². The summed E-state index contributed by atoms with van der Waals surface area (Å²) in [5.74, 6) is 0.912. The number of nitrogens with zero attached hydrogens (tertiary/aromatic N) is 2. The lowest BCUT2D eigenvalue weighted by molar-refractivity contribution is 0.167. The largest absolute Gasteiger partial charge is 0.303 e. The van der Waals surface area contributed by atoms with E-state index in [0.29, 0.717) is 0 Å². The summed E-state index contributed by atoms with van der Waals surface area (Å²) in [6, 6.07) is 0.840. The van der Waals surface area contributed by atoms with Gasteiger partial charge in [-0.3, -0.25) is 0 Å². The highest BCUT2D eigenvalue weighted by atomic mass is 15.1. The molecule has 2 heteroatoms. The summed E-state index contributed by atoms with van der Waals surface area (Å²) in [7, 11) is 0. The van der Waals surface area contributed by atoms with E-state index < -0.39 is 0 Å². The van der Waals surface area contributed by atoms with Gasteiger partial charge < -0.3 is 9.80 Å². The molecule has 0 bridgehead atoms. The predicted molar refractivity (Wildman–Crippen MR) is 148 cm³/mol. The standard InChI is InChI=1S/C30H64N2/c1-7-13-24-31(25-14-8-2)28-29(12-6)22-19-17-18-20-23-30(21-11-5)32(26-15-9-3)27-16-10-4/h29-30H,7-28H2,1-6H3. The van der Waals surface area contributed by atoms with E-state index in [1.165, 1.54) is 142 Å². The van der Waals surface area contributed by atoms with Crippen LogP contribution in [0.1, 0.15) is 151 Å². The summed E-state index contributed by atoms with van der Waals surface area (Å²) in [4.78, 5) is 5.63. The first-order valence-corrected chi connectivity index (χ1v) is 15.1. The average Bonchev–Trinajstić information content (AvgIpc) is 2.81. The molecule has 0 aliphatic carbocycles. The molecule has 0 amide bonds. The molecule has 0 aromatic rings. The van der Waals surface area contributed by atoms with Crippen molar-refractivity contribution in [2.24, 2.45) is 5.92 Å². The van der Waals surface area contributed by atoms with Crippen molar-refractivity contribution in [1.29, 1.82) is 0 Å². The Bertz CT molecular complexity index is 341. The molecule has 194 valence electrons. The highest BCUT2D eigenvalue weighted by Gasteiger charge is 2.17. The Labute approximate surface area is 205 Å². The molecule has 2 atom stereocenters. The lowest BCUT2D eigenvalue weighted by Gasteiger charge is -2.32. The maximum Gasteiger partial charge on any atom is 0.00951 e. The minimum absolute atomic E-state index is 0.840. The van der Waals surface area contributed by atoms with E-state index in [4.69, 9.17) is 0 Å². The number of unbranched alkanes of at least 4 members (excludes halogenated alkanes) is 7. The highest BCUT2D eigenvalue weighted by molar-refractivity contribution is 4.72. The third-order valence-corrected chi connectivity index (χ3v) is 7.39. The van der Waals surface area contributed by atoms with Crippen LogP contribution in [0.2, 0.25) is 0 Å². The van der Waals surface area contributed by atoms with Crippen molar-refractivity contribution in [2.45, 2.75) is 157 Å². The second kappa shape index (κ2) is 24.1. The maximum atomic E-state index is 2.85. The zero-order valence-electron chi connectivity index (χ0n) is 23.6. The van der Waals surface area contributed by atoms with Crippen molar-refractivity contribution < 1.29 is 0 Å². The Balaban J connectivity index is 4.30. The van der Waals surface area contributed by atoms with Gasteiger partial charge in [-0.25, -0.2) is 0 Å². The minimum Gasteiger partial charge on any atom is -0.303 e. The third-order valence-electron chi connectivity index (χ3n) is 7.39. The smallest absolute Gasteiger partial charge is 0.00951 e. The molecule has 0 rings (SSSR count). The summed E-state index contributed by atoms with van der Waals surface area (Å²) in [6.07, 6.45) is 23.5. The molecule has 0 heterocycles. The first-order valence-electron chi connectivity index (χ1n) is 15.1. The molecule has 0 spiro atoms. The van der Waals surface area contributed by atoms with Crippen LogP contribution in [0.5, 0.6) is 0 Å². The van der Waals surface area contributed by atoms with E-state index >= 15 is 0 Å². The van der Waals surface area contributed by atoms with E-state index in [0.717, 1.165) is 12.0 Å². The third kappa shape index (κ3) is 17.4. The fourth-order valence-electron chi connectivity index (χ4n) is 5.06. The second-order valence-electron chi connectivity index (χ2n) is 10.5. The number of rotatable bonds is 25. The Kier molecular flexibility index (Phi) is 24.0. The first-order chi connectivity index (χ1) is 15.7. The van der Waals surface area contributed by atoms with Crippen LogP contribution in [0.15, 0.2) is 0 Å². The van der Waals surface area contributed by atoms with Crippen LogP contribution in [0.3, 0.4) is 0 Å². The molecule has 0 fully saturated rings. The zero-order chi connectivity index (χ0) is 23.9. The van der Waals surface area contributed by atoms with E-state index in [9.17, 15) is 0 Å². The lowest BCUT2D eigenvalue weighted by atomic mass is 9.96. The van der Waals surface area contributed by atoms with Gasteiger partial charge in [-0.15, -0.1) is 0 Å². The summed E-state index contributed by atoms with van der Waals surface area (Å²) in [5, 5.41) is 0. The van der Waals surface area contributed by atoms with E-state index in [2.05, 4.69) is 51.3 Å². The van der Waals surface area contributed by atoms with Gasteiger partial charge in [0.05, 0.1) is 0 Å². The molecule has 0 aromatic heterocycles. The lowest BCUT2D eigenvalue weighted by Crippen LogP contribution is -2.37. The van der Waals surface area contributed by atoms with E-state index in [1.54, 1.807) is 0 Å². The molecule has 0 saturated heterocycles. The Morgan fingerprint density at radius 1 is 0.469 bits per heavy atom. The van der Waals surface area contributed by atoms with Gasteiger partial charge in [0.25, 0.3) is 0 Å². The van der Waals surface area contributed by atoms with Crippen molar-refractivity contribution in [2.75, 3.05) is 32.7 Å². The van der Waals surface area contributed by atoms with Crippen LogP contribution in [-0.2, 0) is 0 Å². The molecule has 32 heavy (non-hydrogen) atoms. The fraction of sp³-hybridized carbons (Fsp3) is 1.00. The average molecular weight is 453 g/mol. The topological polar surface area (TPSA) is 6.48 Å². The number of hydrogen-bond donors (Lipinski definition) is 0. The molecule has 0 radical (unpaired) electrons. The van der Waals surface area contributed by atoms with Gasteiger partial charge in [0.1, 0.15) is 0 Å². The van der Waals surface area contributed by atoms with Gasteiger partial charge in [-0.1, -0.05) is 106 Å². The van der Waals surface area contributed by atoms with Gasteiger partial charge in [0.15, 0.2) is 0 Å². The summed E-state index contributed by atoms with van der Waals surface area (Å²) in [6.45, 7) is 20.7. The van der Waals surface area contributed by atoms with E-state index in [1.807, 2.05) is 0 Å². The number of hydrogen-bond acceptors (Lipinski definition) is 2. The molecule has 2 nitrogen and oxygen atoms in total. The van der Waals surface area contributed by atoms with Crippen molar-refractivity contribution in [3.8, 4) is 0 Å². The molecule has 0 aromatic carbocycles. The highest BCUT2D eigenvalue weighted by Crippen LogP contribution is 2.20. The summed E-state index contributed by atoms with van der Waals surface area (Å²) < 4.78 is 0. The normalized spacial score (nSPS) is 13.9. The first kappa shape index (κ1) is 31.9. The molecule has 0 aliphatic heterocycles. The maximum absolute atomic E-state index is 2.85. The molecular weight excluding hydrogens is 388 g/mol. The fourth-order valence-corrected chi connectivity index (χ4v) is 5.06. The van der Waals surface area contributed by atoms with Gasteiger partial charge >= 0.3 is 0 Å². The van der Waals surface area contributed by atoms with Crippen molar-refractivity contribution >= 4 is 0 Å². The van der Waals surface area contributed by atoms with Crippen LogP contribution in [-0.4, -0.2) is 48.6 Å². The second-order valence-corrected chi connectivity index (χ2v) is 10.5. The van der Waals surface area contributed by atoms with Crippen LogP contribution in [0.25, 0.3) is 0 Å². The Morgan fingerprint density at radius 2 is 0.969 bits per heavy atom. The monoisotopic (exact) mass is 453 g/mol. The molecule has 0 saturated carbocycles. The Morgan fingerprint density at radius 3 is 1.44 bits per heavy atom. The van der Waals surface area contributed by atoms with Crippen molar-refractivity contribution in [1.82, 2.24) is 9.80 Å². The Hall–Kier alpha value is -0.0800. The van der Waals surface area contributed by atoms with Crippen molar-refractivity contribution in [3.05, 3.63) is 0 Å².